The van der Waals surface area contributed by atoms with Crippen LogP contribution in [0.3, 0.4) is 0 Å². The normalized spacial score (nSPS) is 22.4. The zero-order chi connectivity index (χ0) is 42.2. The Bertz CT molecular complexity index is 2480. The van der Waals surface area contributed by atoms with Gasteiger partial charge in [0.1, 0.15) is 5.75 Å². The molecule has 18 heteroatoms. The van der Waals surface area contributed by atoms with Crippen molar-refractivity contribution in [2.75, 3.05) is 5.32 Å². The van der Waals surface area contributed by atoms with Crippen molar-refractivity contribution in [1.29, 1.82) is 5.26 Å². The van der Waals surface area contributed by atoms with Crippen molar-refractivity contribution in [1.82, 2.24) is 24.3 Å². The maximum absolute atomic E-state index is 12.7. The van der Waals surface area contributed by atoms with E-state index >= 15 is 0 Å². The third kappa shape index (κ3) is 8.68. The van der Waals surface area contributed by atoms with Gasteiger partial charge in [0.05, 0.1) is 24.3 Å². The quantitative estimate of drug-likeness (QED) is 0.161. The summed E-state index contributed by atoms with van der Waals surface area (Å²) in [6.45, 7) is 0. The van der Waals surface area contributed by atoms with Crippen molar-refractivity contribution in [2.24, 2.45) is 5.14 Å². The van der Waals surface area contributed by atoms with Gasteiger partial charge in [-0.2, -0.15) is 18.6 Å². The predicted molar refractivity (Wildman–Crippen MR) is 220 cm³/mol. The lowest BCUT2D eigenvalue weighted by atomic mass is 9.99. The van der Waals surface area contributed by atoms with E-state index in [4.69, 9.17) is 15.1 Å². The summed E-state index contributed by atoms with van der Waals surface area (Å²) in [4.78, 5) is 12.6. The average molecular weight is 861 g/mol. The summed E-state index contributed by atoms with van der Waals surface area (Å²) in [7, 11) is -7.85. The molecule has 2 amide bonds. The lowest BCUT2D eigenvalue weighted by molar-refractivity contribution is 0.129. The Kier molecular flexibility index (Phi) is 12.1. The van der Waals surface area contributed by atoms with Crippen LogP contribution in [0.5, 0.6) is 5.75 Å². The molecular weight excluding hydrogens is 809 g/mol. The van der Waals surface area contributed by atoms with Gasteiger partial charge in [-0.25, -0.2) is 23.1 Å². The molecule has 10 rings (SSSR count). The summed E-state index contributed by atoms with van der Waals surface area (Å²) in [6.07, 6.45) is 21.5. The second kappa shape index (κ2) is 17.3. The number of fused-ring (bicyclic) bond motifs is 4. The number of hydrogen-bond donors (Lipinski definition) is 5. The highest BCUT2D eigenvalue weighted by molar-refractivity contribution is 7.90. The van der Waals surface area contributed by atoms with E-state index in [1.165, 1.54) is 67.7 Å². The van der Waals surface area contributed by atoms with Crippen LogP contribution in [0.4, 0.5) is 10.5 Å². The highest BCUT2D eigenvalue weighted by atomic mass is 32.2. The topological polar surface area (TPSA) is 245 Å². The van der Waals surface area contributed by atoms with Crippen LogP contribution in [0.1, 0.15) is 121 Å². The van der Waals surface area contributed by atoms with E-state index in [1.54, 1.807) is 12.4 Å². The number of aryl methyl sites for hydroxylation is 4. The monoisotopic (exact) mass is 860 g/mol. The minimum Gasteiger partial charge on any atom is -0.391 e. The van der Waals surface area contributed by atoms with Crippen molar-refractivity contribution in [3.8, 4) is 12.0 Å². The second-order valence-electron chi connectivity index (χ2n) is 16.6. The number of urea groups is 1. The van der Waals surface area contributed by atoms with E-state index in [0.717, 1.165) is 119 Å². The third-order valence-corrected chi connectivity index (χ3v) is 14.8. The van der Waals surface area contributed by atoms with Crippen LogP contribution in [0.2, 0.25) is 0 Å². The first-order valence-corrected chi connectivity index (χ1v) is 24.1. The first-order valence-electron chi connectivity index (χ1n) is 21.0. The van der Waals surface area contributed by atoms with Crippen LogP contribution >= 0.6 is 0 Å². The molecule has 2 heterocycles. The van der Waals surface area contributed by atoms with Gasteiger partial charge < -0.3 is 20.3 Å². The Labute approximate surface area is 350 Å². The zero-order valence-electron chi connectivity index (χ0n) is 33.5. The molecule has 2 aromatic carbocycles. The lowest BCUT2D eigenvalue weighted by Gasteiger charge is -2.16. The summed E-state index contributed by atoms with van der Waals surface area (Å²) in [5.41, 5.74) is 11.1. The number of rotatable bonds is 7. The highest BCUT2D eigenvalue weighted by Gasteiger charge is 2.32. The number of nitrogens with two attached hydrogens (primary N) is 1. The summed E-state index contributed by atoms with van der Waals surface area (Å²) in [5.74, 6) is 0.903. The van der Waals surface area contributed by atoms with Gasteiger partial charge >= 0.3 is 6.03 Å². The van der Waals surface area contributed by atoms with Crippen molar-refractivity contribution < 1.29 is 36.6 Å². The molecule has 2 aromatic heterocycles. The van der Waals surface area contributed by atoms with Crippen LogP contribution in [0.15, 0.2) is 46.7 Å². The van der Waals surface area contributed by atoms with Crippen LogP contribution < -0.4 is 19.9 Å². The Morgan fingerprint density at radius 2 is 1.15 bits per heavy atom. The number of aliphatic hydroxyl groups excluding tert-OH is 2. The molecule has 6 N–H and O–H groups in total. The van der Waals surface area contributed by atoms with Crippen molar-refractivity contribution in [2.45, 2.75) is 150 Å². The molecule has 4 aromatic rings. The smallest absolute Gasteiger partial charge is 0.333 e. The molecule has 6 aliphatic carbocycles. The molecule has 2 fully saturated rings. The number of primary sulfonamides is 1. The van der Waals surface area contributed by atoms with E-state index in [-0.39, 0.29) is 22.1 Å². The number of anilines is 1. The molecule has 60 heavy (non-hydrogen) atoms. The number of ether oxygens (including phenoxy) is 1. The van der Waals surface area contributed by atoms with Crippen LogP contribution in [-0.4, -0.2) is 64.8 Å². The number of amides is 2. The van der Waals surface area contributed by atoms with E-state index in [9.17, 15) is 31.8 Å². The van der Waals surface area contributed by atoms with Gasteiger partial charge in [0.2, 0.25) is 0 Å². The van der Waals surface area contributed by atoms with Gasteiger partial charge in [-0.15, -0.1) is 5.26 Å². The predicted octanol–water partition coefficient (Wildman–Crippen LogP) is 4.60. The first-order chi connectivity index (χ1) is 28.8. The minimum absolute atomic E-state index is 0.125. The fourth-order valence-electron chi connectivity index (χ4n) is 9.98. The van der Waals surface area contributed by atoms with Gasteiger partial charge in [0, 0.05) is 18.1 Å². The molecule has 0 radical (unpaired) electrons. The fourth-order valence-corrected chi connectivity index (χ4v) is 11.3. The molecule has 6 aliphatic rings. The summed E-state index contributed by atoms with van der Waals surface area (Å²) >= 11 is 0. The number of hydrogen-bond acceptors (Lipinski definition) is 11. The molecule has 4 unspecified atom stereocenters. The molecule has 2 saturated carbocycles. The molecule has 0 bridgehead atoms. The number of aliphatic hydroxyl groups is 2. The Morgan fingerprint density at radius 1 is 0.700 bits per heavy atom. The van der Waals surface area contributed by atoms with Gasteiger partial charge in [-0.3, -0.25) is 9.36 Å². The standard InChI is InChI=1S/C21H26N4O4S.C13H13NO.C8H13N3O3S/c26-18-9-3-8-17(18)25-11-10-19(23-25)30(28,29)24-21(27)22-20-15-6-1-4-13(15)12-14-5-2-7-16(14)20;14-8-15-13-11-5-1-3-9(11)7-10-4-2-6-12(10)13;9-15(13,14)8-4-5-11(10-8)6-2-1-3-7(6)12/h10-12,17-18,26H,1-9H2,(H2,22,24,27);7H,1-6H2;4-7,12H,1-3H2,(H2,9,13,14). The van der Waals surface area contributed by atoms with E-state index in [0.29, 0.717) is 6.42 Å². The number of benzene rings is 2. The molecule has 16 nitrogen and oxygen atoms in total. The first kappa shape index (κ1) is 41.9. The number of aromatic nitrogens is 4. The van der Waals surface area contributed by atoms with Crippen LogP contribution in [0.25, 0.3) is 0 Å². The minimum atomic E-state index is -4.11. The Balaban J connectivity index is 0.000000139. The highest BCUT2D eigenvalue weighted by Crippen LogP contribution is 2.41. The summed E-state index contributed by atoms with van der Waals surface area (Å²) in [6, 6.07) is 6.19. The lowest BCUT2D eigenvalue weighted by Crippen LogP contribution is -2.35. The van der Waals surface area contributed by atoms with Gasteiger partial charge in [-0.05, 0) is 172 Å². The molecule has 4 atom stereocenters. The Morgan fingerprint density at radius 3 is 1.58 bits per heavy atom. The Hall–Kier alpha value is -4.80. The van der Waals surface area contributed by atoms with Gasteiger partial charge in [-0.1, -0.05) is 12.1 Å². The maximum atomic E-state index is 12.7. The number of nitriles is 1. The molecular formula is C42H52N8O8S2. The van der Waals surface area contributed by atoms with Crippen LogP contribution in [0, 0.1) is 11.5 Å². The number of carbonyl (C=O) groups excluding carboxylic acids is 1. The largest absolute Gasteiger partial charge is 0.391 e. The number of nitrogens with one attached hydrogen (secondary N) is 2. The summed E-state index contributed by atoms with van der Waals surface area (Å²) in [5, 5.41) is 43.7. The van der Waals surface area contributed by atoms with Crippen molar-refractivity contribution in [3.05, 3.63) is 81.2 Å². The van der Waals surface area contributed by atoms with Crippen LogP contribution in [-0.2, 0) is 71.4 Å². The zero-order valence-corrected chi connectivity index (χ0v) is 35.1. The second-order valence-corrected chi connectivity index (χ2v) is 19.8. The molecule has 0 spiro atoms. The number of nitrogens with zero attached hydrogens (tertiary/aromatic N) is 5. The molecule has 320 valence electrons. The van der Waals surface area contributed by atoms with Crippen molar-refractivity contribution >= 4 is 31.8 Å². The maximum Gasteiger partial charge on any atom is 0.333 e. The summed E-state index contributed by atoms with van der Waals surface area (Å²) < 4.78 is 57.6. The van der Waals surface area contributed by atoms with E-state index in [1.807, 2.05) is 6.26 Å². The fraction of sp³-hybridized carbons (Fsp3) is 0.524. The number of sulfonamides is 2. The molecule has 0 saturated heterocycles. The van der Waals surface area contributed by atoms with E-state index in [2.05, 4.69) is 32.4 Å². The molecule has 0 aliphatic heterocycles. The third-order valence-electron chi connectivity index (χ3n) is 12.8. The average Bonchev–Trinajstić information content (AvgIpc) is 4.03. The SMILES string of the molecule is N#COc1c2c(cc3c1CCC3)CCC2.NS(=O)(=O)c1ccn(C2CCCC2O)n1.O=C(Nc1c2c(cc3c1CCC3)CCC2)NS(=O)(=O)c1ccn(C2CCCC2O)n1. The van der Waals surface area contributed by atoms with Gasteiger partial charge in [0.25, 0.3) is 26.3 Å². The number of carbonyl (C=O) groups is 1. The van der Waals surface area contributed by atoms with E-state index < -0.39 is 38.3 Å². The van der Waals surface area contributed by atoms with Gasteiger partial charge in [0.15, 0.2) is 10.1 Å². The van der Waals surface area contributed by atoms with Crippen molar-refractivity contribution in [3.63, 3.8) is 0 Å².